The Kier molecular flexibility index (Phi) is 5.80. The van der Waals surface area contributed by atoms with Crippen LogP contribution in [0.3, 0.4) is 0 Å². The van der Waals surface area contributed by atoms with Gasteiger partial charge in [0.05, 0.1) is 0 Å². The zero-order chi connectivity index (χ0) is 18.6. The molecular formula is C18H22N3O4-. The van der Waals surface area contributed by atoms with E-state index < -0.39 is 17.9 Å². The first kappa shape index (κ1) is 18.5. The van der Waals surface area contributed by atoms with Gasteiger partial charge in [0, 0.05) is 48.7 Å². The van der Waals surface area contributed by atoms with Gasteiger partial charge in [0.25, 0.3) is 0 Å². The molecule has 1 fully saturated rings. The SMILES string of the molecule is C=C(N)c1ccc(N2CCC(CC(=O)NC(C)CC(=O)[O-])C2=O)cc1. The van der Waals surface area contributed by atoms with E-state index in [2.05, 4.69) is 11.9 Å². The average molecular weight is 344 g/mol. The van der Waals surface area contributed by atoms with E-state index >= 15 is 0 Å². The van der Waals surface area contributed by atoms with Gasteiger partial charge in [-0.15, -0.1) is 0 Å². The highest BCUT2D eigenvalue weighted by atomic mass is 16.4. The predicted molar refractivity (Wildman–Crippen MR) is 92.0 cm³/mol. The number of benzene rings is 1. The Bertz CT molecular complexity index is 684. The lowest BCUT2D eigenvalue weighted by Crippen LogP contribution is -2.39. The van der Waals surface area contributed by atoms with E-state index in [4.69, 9.17) is 5.73 Å². The molecule has 1 aliphatic rings. The number of amides is 2. The Balaban J connectivity index is 1.93. The van der Waals surface area contributed by atoms with E-state index in [1.54, 1.807) is 36.1 Å². The van der Waals surface area contributed by atoms with Crippen molar-refractivity contribution in [2.75, 3.05) is 11.4 Å². The van der Waals surface area contributed by atoms with Gasteiger partial charge in [0.15, 0.2) is 0 Å². The molecule has 2 unspecified atom stereocenters. The molecule has 2 rings (SSSR count). The quantitative estimate of drug-likeness (QED) is 0.722. The number of aliphatic carboxylic acids is 1. The summed E-state index contributed by atoms with van der Waals surface area (Å²) in [6.07, 6.45) is 0.367. The molecule has 25 heavy (non-hydrogen) atoms. The van der Waals surface area contributed by atoms with E-state index in [-0.39, 0.29) is 24.7 Å². The molecule has 0 saturated carbocycles. The first-order valence-corrected chi connectivity index (χ1v) is 8.13. The smallest absolute Gasteiger partial charge is 0.230 e. The molecule has 3 N–H and O–H groups in total. The number of carboxylic acid groups (broad SMARTS) is 1. The first-order valence-electron chi connectivity index (χ1n) is 8.13. The van der Waals surface area contributed by atoms with Gasteiger partial charge in [-0.05, 0) is 31.0 Å². The highest BCUT2D eigenvalue weighted by molar-refractivity contribution is 5.99. The summed E-state index contributed by atoms with van der Waals surface area (Å²) >= 11 is 0. The van der Waals surface area contributed by atoms with Gasteiger partial charge in [-0.25, -0.2) is 0 Å². The summed E-state index contributed by atoms with van der Waals surface area (Å²) in [6, 6.07) is 6.67. The van der Waals surface area contributed by atoms with Crippen LogP contribution in [0.1, 0.15) is 31.7 Å². The van der Waals surface area contributed by atoms with Crippen LogP contribution in [0.2, 0.25) is 0 Å². The van der Waals surface area contributed by atoms with Crippen molar-refractivity contribution >= 4 is 29.2 Å². The van der Waals surface area contributed by atoms with Gasteiger partial charge in [-0.3, -0.25) is 9.59 Å². The van der Waals surface area contributed by atoms with Gasteiger partial charge >= 0.3 is 0 Å². The molecule has 1 aromatic carbocycles. The van der Waals surface area contributed by atoms with Crippen LogP contribution >= 0.6 is 0 Å². The van der Waals surface area contributed by atoms with Crippen molar-refractivity contribution < 1.29 is 19.5 Å². The second-order valence-corrected chi connectivity index (χ2v) is 6.30. The third kappa shape index (κ3) is 4.82. The van der Waals surface area contributed by atoms with E-state index in [0.29, 0.717) is 18.7 Å². The number of carbonyl (C=O) groups excluding carboxylic acids is 3. The Labute approximate surface area is 146 Å². The van der Waals surface area contributed by atoms with Crippen LogP contribution in [-0.2, 0) is 14.4 Å². The highest BCUT2D eigenvalue weighted by Crippen LogP contribution is 2.27. The number of nitrogens with zero attached hydrogens (tertiary/aromatic N) is 1. The molecule has 2 amide bonds. The summed E-state index contributed by atoms with van der Waals surface area (Å²) in [5, 5.41) is 13.1. The van der Waals surface area contributed by atoms with Crippen molar-refractivity contribution in [3.05, 3.63) is 36.4 Å². The summed E-state index contributed by atoms with van der Waals surface area (Å²) in [5.41, 5.74) is 7.64. The van der Waals surface area contributed by atoms with E-state index in [0.717, 1.165) is 11.3 Å². The third-order valence-electron chi connectivity index (χ3n) is 4.18. The molecule has 0 aliphatic carbocycles. The van der Waals surface area contributed by atoms with Crippen molar-refractivity contribution in [1.29, 1.82) is 0 Å². The van der Waals surface area contributed by atoms with Crippen LogP contribution in [0.25, 0.3) is 5.70 Å². The van der Waals surface area contributed by atoms with Crippen molar-refractivity contribution in [2.45, 2.75) is 32.2 Å². The fourth-order valence-electron chi connectivity index (χ4n) is 2.90. The molecule has 0 spiro atoms. The number of carboxylic acids is 1. The van der Waals surface area contributed by atoms with Gasteiger partial charge in [0.1, 0.15) is 0 Å². The van der Waals surface area contributed by atoms with Crippen LogP contribution < -0.4 is 21.1 Å². The van der Waals surface area contributed by atoms with Crippen molar-refractivity contribution in [1.82, 2.24) is 5.32 Å². The molecule has 2 atom stereocenters. The van der Waals surface area contributed by atoms with Crippen molar-refractivity contribution in [3.63, 3.8) is 0 Å². The summed E-state index contributed by atoms with van der Waals surface area (Å²) in [6.45, 7) is 5.79. The summed E-state index contributed by atoms with van der Waals surface area (Å²) < 4.78 is 0. The molecule has 134 valence electrons. The fraction of sp³-hybridized carbons (Fsp3) is 0.389. The predicted octanol–water partition coefficient (Wildman–Crippen LogP) is 0.00370. The Morgan fingerprint density at radius 1 is 1.40 bits per heavy atom. The maximum Gasteiger partial charge on any atom is 0.230 e. The van der Waals surface area contributed by atoms with E-state index in [9.17, 15) is 19.5 Å². The largest absolute Gasteiger partial charge is 0.550 e. The van der Waals surface area contributed by atoms with Crippen LogP contribution in [0, 0.1) is 5.92 Å². The lowest BCUT2D eigenvalue weighted by atomic mass is 10.0. The molecule has 7 heteroatoms. The average Bonchev–Trinajstić information content (AvgIpc) is 2.87. The topological polar surface area (TPSA) is 116 Å². The maximum absolute atomic E-state index is 12.5. The van der Waals surface area contributed by atoms with Gasteiger partial charge in [0.2, 0.25) is 11.8 Å². The first-order chi connectivity index (χ1) is 11.8. The lowest BCUT2D eigenvalue weighted by Gasteiger charge is -2.18. The maximum atomic E-state index is 12.5. The highest BCUT2D eigenvalue weighted by Gasteiger charge is 2.34. The third-order valence-corrected chi connectivity index (χ3v) is 4.18. The van der Waals surface area contributed by atoms with Gasteiger partial charge in [-0.1, -0.05) is 18.7 Å². The van der Waals surface area contributed by atoms with Gasteiger partial charge < -0.3 is 25.9 Å². The summed E-state index contributed by atoms with van der Waals surface area (Å²) in [7, 11) is 0. The molecule has 0 aromatic heterocycles. The number of nitrogens with two attached hydrogens (primary N) is 1. The molecule has 1 aromatic rings. The molecule has 0 bridgehead atoms. The molecule has 1 aliphatic heterocycles. The molecule has 1 heterocycles. The summed E-state index contributed by atoms with van der Waals surface area (Å²) in [4.78, 5) is 36.7. The zero-order valence-corrected chi connectivity index (χ0v) is 14.2. The standard InChI is InChI=1S/C18H23N3O4/c1-11(9-17(23)24)20-16(22)10-14-7-8-21(18(14)25)15-5-3-13(4-6-15)12(2)19/h3-6,11,14H,2,7-10,19H2,1H3,(H,20,22)(H,23,24)/p-1. The van der Waals surface area contributed by atoms with Gasteiger partial charge in [-0.2, -0.15) is 0 Å². The molecule has 7 nitrogen and oxygen atoms in total. The number of rotatable bonds is 7. The second kappa shape index (κ2) is 7.83. The number of anilines is 1. The van der Waals surface area contributed by atoms with E-state index in [1.165, 1.54) is 0 Å². The van der Waals surface area contributed by atoms with Crippen molar-refractivity contribution in [3.8, 4) is 0 Å². The minimum Gasteiger partial charge on any atom is -0.550 e. The number of nitrogens with one attached hydrogen (secondary N) is 1. The minimum absolute atomic E-state index is 0.0460. The number of hydrogen-bond donors (Lipinski definition) is 2. The molecule has 1 saturated heterocycles. The Morgan fingerprint density at radius 3 is 2.60 bits per heavy atom. The number of carbonyl (C=O) groups is 3. The fourth-order valence-corrected chi connectivity index (χ4v) is 2.90. The van der Waals surface area contributed by atoms with Crippen LogP contribution in [0.5, 0.6) is 0 Å². The van der Waals surface area contributed by atoms with Crippen LogP contribution in [-0.4, -0.2) is 30.4 Å². The monoisotopic (exact) mass is 344 g/mol. The number of hydrogen-bond acceptors (Lipinski definition) is 5. The van der Waals surface area contributed by atoms with Crippen LogP contribution in [0.4, 0.5) is 5.69 Å². The Hall–Kier alpha value is -2.83. The molecular weight excluding hydrogens is 322 g/mol. The van der Waals surface area contributed by atoms with Crippen molar-refractivity contribution in [2.24, 2.45) is 11.7 Å². The minimum atomic E-state index is -1.22. The van der Waals surface area contributed by atoms with E-state index in [1.807, 2.05) is 0 Å². The zero-order valence-electron chi connectivity index (χ0n) is 14.2. The summed E-state index contributed by atoms with van der Waals surface area (Å²) in [5.74, 6) is -2.07. The Morgan fingerprint density at radius 2 is 2.04 bits per heavy atom. The molecule has 0 radical (unpaired) electrons. The normalized spacial score (nSPS) is 18.0. The lowest BCUT2D eigenvalue weighted by molar-refractivity contribution is -0.306. The second-order valence-electron chi connectivity index (χ2n) is 6.30. The van der Waals surface area contributed by atoms with Crippen LogP contribution in [0.15, 0.2) is 30.8 Å².